The van der Waals surface area contributed by atoms with E-state index in [1.807, 2.05) is 18.2 Å². The van der Waals surface area contributed by atoms with Gasteiger partial charge in [-0.15, -0.1) is 0 Å². The van der Waals surface area contributed by atoms with Crippen molar-refractivity contribution >= 4 is 15.9 Å². The molecule has 0 amide bonds. The molecule has 1 atom stereocenters. The molecule has 0 spiro atoms. The van der Waals surface area contributed by atoms with Gasteiger partial charge >= 0.3 is 0 Å². The lowest BCUT2D eigenvalue weighted by Gasteiger charge is -2.13. The molecule has 0 aromatic heterocycles. The average molecular weight is 320 g/mol. The predicted octanol–water partition coefficient (Wildman–Crippen LogP) is 4.05. The second-order valence-electron chi connectivity index (χ2n) is 4.72. The molecule has 19 heavy (non-hydrogen) atoms. The van der Waals surface area contributed by atoms with Crippen LogP contribution in [0.4, 0.5) is 0 Å². The first-order valence-electron chi connectivity index (χ1n) is 6.40. The van der Waals surface area contributed by atoms with Crippen LogP contribution in [0.1, 0.15) is 24.0 Å². The van der Waals surface area contributed by atoms with E-state index in [1.165, 1.54) is 5.56 Å². The second-order valence-corrected chi connectivity index (χ2v) is 5.63. The first-order chi connectivity index (χ1) is 9.16. The zero-order valence-electron chi connectivity index (χ0n) is 10.9. The summed E-state index contributed by atoms with van der Waals surface area (Å²) in [5.41, 5.74) is 2.24. The molecule has 0 saturated carbocycles. The van der Waals surface area contributed by atoms with Crippen LogP contribution in [0.3, 0.4) is 0 Å². The third kappa shape index (κ3) is 4.08. The molecule has 1 unspecified atom stereocenters. The third-order valence-electron chi connectivity index (χ3n) is 3.18. The number of phenolic OH excluding ortho intramolecular Hbond substituents is 1. The number of aromatic hydroxyl groups is 1. The van der Waals surface area contributed by atoms with Crippen molar-refractivity contribution in [1.29, 1.82) is 0 Å². The minimum Gasteiger partial charge on any atom is -0.508 e. The highest BCUT2D eigenvalue weighted by Crippen LogP contribution is 2.22. The summed E-state index contributed by atoms with van der Waals surface area (Å²) in [5, 5.41) is 13.1. The molecule has 3 heteroatoms. The van der Waals surface area contributed by atoms with Gasteiger partial charge in [0.05, 0.1) is 0 Å². The summed E-state index contributed by atoms with van der Waals surface area (Å²) in [7, 11) is 0. The number of nitrogens with one attached hydrogen (secondary N) is 1. The molecule has 100 valence electrons. The van der Waals surface area contributed by atoms with Crippen molar-refractivity contribution < 1.29 is 5.11 Å². The number of hydrogen-bond donors (Lipinski definition) is 2. The van der Waals surface area contributed by atoms with Gasteiger partial charge in [0, 0.05) is 23.1 Å². The third-order valence-corrected chi connectivity index (χ3v) is 3.67. The maximum atomic E-state index is 9.76. The predicted molar refractivity (Wildman–Crippen MR) is 82.4 cm³/mol. The van der Waals surface area contributed by atoms with Crippen LogP contribution in [0.15, 0.2) is 53.0 Å². The van der Waals surface area contributed by atoms with Gasteiger partial charge < -0.3 is 10.4 Å². The summed E-state index contributed by atoms with van der Waals surface area (Å²) in [6.07, 6.45) is 0. The van der Waals surface area contributed by atoms with Crippen LogP contribution in [0.25, 0.3) is 0 Å². The molecule has 0 radical (unpaired) electrons. The number of halogens is 1. The van der Waals surface area contributed by atoms with E-state index in [-0.39, 0.29) is 0 Å². The Morgan fingerprint density at radius 2 is 1.89 bits per heavy atom. The molecule has 0 saturated heterocycles. The second kappa shape index (κ2) is 6.73. The van der Waals surface area contributed by atoms with Crippen molar-refractivity contribution in [2.24, 2.45) is 0 Å². The smallest absolute Gasteiger partial charge is 0.120 e. The fourth-order valence-corrected chi connectivity index (χ4v) is 2.43. The van der Waals surface area contributed by atoms with E-state index in [0.29, 0.717) is 18.2 Å². The van der Waals surface area contributed by atoms with Crippen molar-refractivity contribution in [2.45, 2.75) is 19.4 Å². The topological polar surface area (TPSA) is 32.3 Å². The molecule has 2 aromatic carbocycles. The zero-order chi connectivity index (χ0) is 13.7. The van der Waals surface area contributed by atoms with E-state index in [9.17, 15) is 5.11 Å². The lowest BCUT2D eigenvalue weighted by atomic mass is 10.0. The molecule has 2 N–H and O–H groups in total. The van der Waals surface area contributed by atoms with Crippen LogP contribution in [0.2, 0.25) is 0 Å². The Morgan fingerprint density at radius 1 is 1.16 bits per heavy atom. The highest BCUT2D eigenvalue weighted by atomic mass is 79.9. The Balaban J connectivity index is 1.88. The standard InChI is InChI=1S/C16H18BrNO/c1-12(13-5-3-2-4-6-13)10-18-11-14-9-15(17)7-8-16(14)19/h2-9,12,18-19H,10-11H2,1H3. The Bertz CT molecular complexity index is 528. The van der Waals surface area contributed by atoms with Gasteiger partial charge in [0.1, 0.15) is 5.75 Å². The van der Waals surface area contributed by atoms with Crippen molar-refractivity contribution in [3.05, 3.63) is 64.1 Å². The maximum absolute atomic E-state index is 9.76. The Labute approximate surface area is 122 Å². The largest absolute Gasteiger partial charge is 0.508 e. The molecule has 0 bridgehead atoms. The molecule has 2 aromatic rings. The van der Waals surface area contributed by atoms with E-state index in [2.05, 4.69) is 52.4 Å². The first-order valence-corrected chi connectivity index (χ1v) is 7.19. The minimum absolute atomic E-state index is 0.336. The normalized spacial score (nSPS) is 12.3. The quantitative estimate of drug-likeness (QED) is 0.871. The fourth-order valence-electron chi connectivity index (χ4n) is 2.02. The van der Waals surface area contributed by atoms with Crippen molar-refractivity contribution in [3.8, 4) is 5.75 Å². The van der Waals surface area contributed by atoms with Crippen LogP contribution in [-0.4, -0.2) is 11.7 Å². The number of rotatable bonds is 5. The van der Waals surface area contributed by atoms with Gasteiger partial charge in [-0.3, -0.25) is 0 Å². The van der Waals surface area contributed by atoms with Gasteiger partial charge in [-0.1, -0.05) is 53.2 Å². The van der Waals surface area contributed by atoms with Crippen molar-refractivity contribution in [2.75, 3.05) is 6.54 Å². The lowest BCUT2D eigenvalue weighted by molar-refractivity contribution is 0.463. The molecule has 0 aliphatic carbocycles. The van der Waals surface area contributed by atoms with E-state index in [4.69, 9.17) is 0 Å². The van der Waals surface area contributed by atoms with Gasteiger partial charge in [-0.2, -0.15) is 0 Å². The molecule has 0 heterocycles. The number of hydrogen-bond acceptors (Lipinski definition) is 2. The highest BCUT2D eigenvalue weighted by molar-refractivity contribution is 9.10. The Morgan fingerprint density at radius 3 is 2.63 bits per heavy atom. The van der Waals surface area contributed by atoms with E-state index in [0.717, 1.165) is 16.6 Å². The van der Waals surface area contributed by atoms with Crippen LogP contribution in [-0.2, 0) is 6.54 Å². The molecule has 0 fully saturated rings. The SMILES string of the molecule is CC(CNCc1cc(Br)ccc1O)c1ccccc1. The van der Waals surface area contributed by atoms with Crippen molar-refractivity contribution in [1.82, 2.24) is 5.32 Å². The maximum Gasteiger partial charge on any atom is 0.120 e. The molecule has 2 nitrogen and oxygen atoms in total. The van der Waals surface area contributed by atoms with Gasteiger partial charge in [-0.25, -0.2) is 0 Å². The van der Waals surface area contributed by atoms with Gasteiger partial charge in [0.25, 0.3) is 0 Å². The molecule has 2 rings (SSSR count). The van der Waals surface area contributed by atoms with Crippen LogP contribution < -0.4 is 5.32 Å². The fraction of sp³-hybridized carbons (Fsp3) is 0.250. The molecular weight excluding hydrogens is 302 g/mol. The first kappa shape index (κ1) is 14.1. The Kier molecular flexibility index (Phi) is 5.00. The van der Waals surface area contributed by atoms with Gasteiger partial charge in [0.2, 0.25) is 0 Å². The highest BCUT2D eigenvalue weighted by Gasteiger charge is 2.06. The Hall–Kier alpha value is -1.32. The number of phenols is 1. The monoisotopic (exact) mass is 319 g/mol. The number of benzene rings is 2. The van der Waals surface area contributed by atoms with E-state index < -0.39 is 0 Å². The van der Waals surface area contributed by atoms with Crippen LogP contribution in [0, 0.1) is 0 Å². The summed E-state index contributed by atoms with van der Waals surface area (Å²) in [4.78, 5) is 0. The molecule has 0 aliphatic rings. The van der Waals surface area contributed by atoms with Crippen LogP contribution >= 0.6 is 15.9 Å². The van der Waals surface area contributed by atoms with Crippen LogP contribution in [0.5, 0.6) is 5.75 Å². The summed E-state index contributed by atoms with van der Waals surface area (Å²) in [5.74, 6) is 0.790. The zero-order valence-corrected chi connectivity index (χ0v) is 12.5. The van der Waals surface area contributed by atoms with Gasteiger partial charge in [0.15, 0.2) is 0 Å². The van der Waals surface area contributed by atoms with E-state index in [1.54, 1.807) is 6.07 Å². The lowest BCUT2D eigenvalue weighted by Crippen LogP contribution is -2.19. The summed E-state index contributed by atoms with van der Waals surface area (Å²) >= 11 is 3.41. The van der Waals surface area contributed by atoms with E-state index >= 15 is 0 Å². The minimum atomic E-state index is 0.336. The van der Waals surface area contributed by atoms with Crippen molar-refractivity contribution in [3.63, 3.8) is 0 Å². The summed E-state index contributed by atoms with van der Waals surface area (Å²) in [6, 6.07) is 15.9. The summed E-state index contributed by atoms with van der Waals surface area (Å²) < 4.78 is 0.984. The average Bonchev–Trinajstić information content (AvgIpc) is 2.43. The summed E-state index contributed by atoms with van der Waals surface area (Å²) in [6.45, 7) is 3.75. The molecule has 0 aliphatic heterocycles. The molecular formula is C16H18BrNO. The van der Waals surface area contributed by atoms with Gasteiger partial charge in [-0.05, 0) is 29.7 Å².